The Morgan fingerprint density at radius 1 is 0.943 bits per heavy atom. The standard InChI is InChI=1S/C26H20N8O/c35-23(28-18-8-2-1-3-9-18)16-34-15-17(19-10-5-7-13-22(19)34)14-27-32-26-30-25-24(31-33-26)20-11-4-6-12-21(20)29-25/h1-15H,16H2,(H,28,35)(H2,29,30,32,33)/b27-14+. The number of aromatic amines is 1. The molecule has 0 unspecified atom stereocenters. The van der Waals surface area contributed by atoms with Crippen molar-refractivity contribution in [3.8, 4) is 0 Å². The molecule has 0 aliphatic rings. The molecule has 0 spiro atoms. The first-order valence-corrected chi connectivity index (χ1v) is 11.1. The number of para-hydroxylation sites is 3. The predicted octanol–water partition coefficient (Wildman–Crippen LogP) is 4.55. The van der Waals surface area contributed by atoms with Crippen LogP contribution in [0, 0.1) is 0 Å². The van der Waals surface area contributed by atoms with E-state index < -0.39 is 0 Å². The molecule has 0 aliphatic carbocycles. The highest BCUT2D eigenvalue weighted by Crippen LogP contribution is 2.22. The molecule has 170 valence electrons. The molecular weight excluding hydrogens is 440 g/mol. The second-order valence-electron chi connectivity index (χ2n) is 8.02. The number of benzene rings is 3. The van der Waals surface area contributed by atoms with E-state index in [0.717, 1.165) is 33.1 Å². The van der Waals surface area contributed by atoms with Crippen LogP contribution in [-0.2, 0) is 11.3 Å². The van der Waals surface area contributed by atoms with E-state index in [1.165, 1.54) is 0 Å². The van der Waals surface area contributed by atoms with E-state index in [2.05, 4.69) is 36.0 Å². The molecule has 9 nitrogen and oxygen atoms in total. The number of H-pyrrole nitrogens is 1. The average Bonchev–Trinajstić information content (AvgIpc) is 3.42. The highest BCUT2D eigenvalue weighted by molar-refractivity contribution is 6.03. The fraction of sp³-hybridized carbons (Fsp3) is 0.0385. The minimum Gasteiger partial charge on any atom is -0.338 e. The molecule has 3 aromatic heterocycles. The van der Waals surface area contributed by atoms with E-state index in [9.17, 15) is 4.79 Å². The maximum Gasteiger partial charge on any atom is 0.265 e. The third kappa shape index (κ3) is 4.06. The molecule has 9 heteroatoms. The molecule has 1 amide bonds. The summed E-state index contributed by atoms with van der Waals surface area (Å²) >= 11 is 0. The summed E-state index contributed by atoms with van der Waals surface area (Å²) in [4.78, 5) is 20.3. The molecule has 3 aromatic carbocycles. The number of hydrogen-bond acceptors (Lipinski definition) is 6. The Morgan fingerprint density at radius 3 is 2.60 bits per heavy atom. The van der Waals surface area contributed by atoms with Crippen LogP contribution < -0.4 is 10.7 Å². The van der Waals surface area contributed by atoms with Gasteiger partial charge in [-0.15, -0.1) is 10.2 Å². The van der Waals surface area contributed by atoms with Gasteiger partial charge in [0.2, 0.25) is 5.91 Å². The van der Waals surface area contributed by atoms with Gasteiger partial charge in [0.25, 0.3) is 5.95 Å². The van der Waals surface area contributed by atoms with Crippen LogP contribution in [0.4, 0.5) is 11.6 Å². The van der Waals surface area contributed by atoms with Crippen molar-refractivity contribution in [1.29, 1.82) is 0 Å². The van der Waals surface area contributed by atoms with Gasteiger partial charge in [0, 0.05) is 39.3 Å². The van der Waals surface area contributed by atoms with Gasteiger partial charge in [-0.25, -0.2) is 5.43 Å². The fourth-order valence-electron chi connectivity index (χ4n) is 4.11. The van der Waals surface area contributed by atoms with Gasteiger partial charge in [0.05, 0.1) is 6.21 Å². The smallest absolute Gasteiger partial charge is 0.265 e. The van der Waals surface area contributed by atoms with Crippen LogP contribution in [0.3, 0.4) is 0 Å². The largest absolute Gasteiger partial charge is 0.338 e. The number of hydrazone groups is 1. The first kappa shape index (κ1) is 20.5. The zero-order chi connectivity index (χ0) is 23.6. The second kappa shape index (κ2) is 8.71. The summed E-state index contributed by atoms with van der Waals surface area (Å²) in [5, 5.41) is 17.6. The maximum absolute atomic E-state index is 12.6. The average molecular weight is 461 g/mol. The van der Waals surface area contributed by atoms with Crippen molar-refractivity contribution in [3.63, 3.8) is 0 Å². The Morgan fingerprint density at radius 2 is 1.71 bits per heavy atom. The second-order valence-corrected chi connectivity index (χ2v) is 8.02. The molecule has 3 N–H and O–H groups in total. The van der Waals surface area contributed by atoms with E-state index in [0.29, 0.717) is 11.2 Å². The molecule has 0 saturated heterocycles. The molecule has 0 saturated carbocycles. The number of aromatic nitrogens is 5. The molecule has 0 aliphatic heterocycles. The molecule has 3 heterocycles. The minimum atomic E-state index is -0.107. The van der Waals surface area contributed by atoms with E-state index in [-0.39, 0.29) is 18.4 Å². The number of anilines is 2. The zero-order valence-electron chi connectivity index (χ0n) is 18.5. The monoisotopic (exact) mass is 460 g/mol. The van der Waals surface area contributed by atoms with Crippen molar-refractivity contribution in [2.45, 2.75) is 6.54 Å². The lowest BCUT2D eigenvalue weighted by atomic mass is 10.2. The molecule has 0 bridgehead atoms. The lowest BCUT2D eigenvalue weighted by Gasteiger charge is -2.07. The van der Waals surface area contributed by atoms with Gasteiger partial charge >= 0.3 is 0 Å². The van der Waals surface area contributed by atoms with Crippen LogP contribution in [0.25, 0.3) is 33.0 Å². The van der Waals surface area contributed by atoms with Gasteiger partial charge < -0.3 is 14.9 Å². The van der Waals surface area contributed by atoms with Crippen molar-refractivity contribution in [1.82, 2.24) is 24.7 Å². The van der Waals surface area contributed by atoms with Gasteiger partial charge in [0.15, 0.2) is 5.65 Å². The van der Waals surface area contributed by atoms with Gasteiger partial charge in [0.1, 0.15) is 12.1 Å². The number of nitrogens with one attached hydrogen (secondary N) is 3. The van der Waals surface area contributed by atoms with Gasteiger partial charge in [-0.2, -0.15) is 10.1 Å². The molecule has 6 rings (SSSR count). The van der Waals surface area contributed by atoms with Crippen LogP contribution in [-0.4, -0.2) is 36.9 Å². The molecule has 0 radical (unpaired) electrons. The summed E-state index contributed by atoms with van der Waals surface area (Å²) in [7, 11) is 0. The Kier molecular flexibility index (Phi) is 5.12. The third-order valence-electron chi connectivity index (χ3n) is 5.68. The van der Waals surface area contributed by atoms with Crippen molar-refractivity contribution in [2.24, 2.45) is 5.10 Å². The molecule has 35 heavy (non-hydrogen) atoms. The number of nitrogens with zero attached hydrogens (tertiary/aromatic N) is 5. The SMILES string of the molecule is O=C(Cn1cc(/C=N/Nc2nnc3c(n2)[nH]c2ccccc23)c2ccccc21)Nc1ccccc1. The first-order chi connectivity index (χ1) is 17.2. The van der Waals surface area contributed by atoms with Crippen LogP contribution in [0.5, 0.6) is 0 Å². The number of amides is 1. The Balaban J connectivity index is 1.22. The molecule has 0 fully saturated rings. The van der Waals surface area contributed by atoms with Crippen LogP contribution >= 0.6 is 0 Å². The maximum atomic E-state index is 12.6. The summed E-state index contributed by atoms with van der Waals surface area (Å²) in [6, 6.07) is 25.1. The van der Waals surface area contributed by atoms with E-state index in [1.807, 2.05) is 89.6 Å². The summed E-state index contributed by atoms with van der Waals surface area (Å²) in [6.45, 7) is 0.181. The van der Waals surface area contributed by atoms with E-state index >= 15 is 0 Å². The molecular formula is C26H20N8O. The number of rotatable bonds is 6. The normalized spacial score (nSPS) is 11.5. The number of hydrogen-bond donors (Lipinski definition) is 3. The van der Waals surface area contributed by atoms with Gasteiger partial charge in [-0.05, 0) is 24.3 Å². The van der Waals surface area contributed by atoms with Crippen molar-refractivity contribution < 1.29 is 4.79 Å². The lowest BCUT2D eigenvalue weighted by Crippen LogP contribution is -2.18. The first-order valence-electron chi connectivity index (χ1n) is 11.1. The Labute approximate surface area is 199 Å². The third-order valence-corrected chi connectivity index (χ3v) is 5.68. The number of fused-ring (bicyclic) bond motifs is 4. The predicted molar refractivity (Wildman–Crippen MR) is 137 cm³/mol. The minimum absolute atomic E-state index is 0.107. The summed E-state index contributed by atoms with van der Waals surface area (Å²) in [5.74, 6) is 0.177. The summed E-state index contributed by atoms with van der Waals surface area (Å²) in [5.41, 5.74) is 7.72. The fourth-order valence-corrected chi connectivity index (χ4v) is 4.11. The molecule has 0 atom stereocenters. The van der Waals surface area contributed by atoms with E-state index in [1.54, 1.807) is 6.21 Å². The Hall–Kier alpha value is -5.05. The van der Waals surface area contributed by atoms with Gasteiger partial charge in [-0.1, -0.05) is 54.6 Å². The number of carbonyl (C=O) groups excluding carboxylic acids is 1. The van der Waals surface area contributed by atoms with Gasteiger partial charge in [-0.3, -0.25) is 4.79 Å². The summed E-state index contributed by atoms with van der Waals surface area (Å²) in [6.07, 6.45) is 3.59. The number of carbonyl (C=O) groups is 1. The van der Waals surface area contributed by atoms with Crippen molar-refractivity contribution in [2.75, 3.05) is 10.7 Å². The van der Waals surface area contributed by atoms with Crippen LogP contribution in [0.15, 0.2) is 90.2 Å². The van der Waals surface area contributed by atoms with Crippen LogP contribution in [0.1, 0.15) is 5.56 Å². The Bertz CT molecular complexity index is 1700. The zero-order valence-corrected chi connectivity index (χ0v) is 18.5. The van der Waals surface area contributed by atoms with E-state index in [4.69, 9.17) is 0 Å². The van der Waals surface area contributed by atoms with Crippen LogP contribution in [0.2, 0.25) is 0 Å². The lowest BCUT2D eigenvalue weighted by molar-refractivity contribution is -0.116. The van der Waals surface area contributed by atoms with Crippen molar-refractivity contribution >= 4 is 56.7 Å². The molecule has 6 aromatic rings. The van der Waals surface area contributed by atoms with Crippen molar-refractivity contribution in [3.05, 3.63) is 90.6 Å². The quantitative estimate of drug-likeness (QED) is 0.249. The summed E-state index contributed by atoms with van der Waals surface area (Å²) < 4.78 is 1.91. The highest BCUT2D eigenvalue weighted by Gasteiger charge is 2.11. The topological polar surface area (TPSA) is 113 Å². The highest BCUT2D eigenvalue weighted by atomic mass is 16.1.